The largest absolute Gasteiger partial charge is 0.465 e. The number of sulfonamides is 1. The number of carbonyl (C=O) groups excluding carboxylic acids is 1. The van der Waals surface area contributed by atoms with Crippen LogP contribution >= 0.6 is 0 Å². The van der Waals surface area contributed by atoms with Gasteiger partial charge in [-0.05, 0) is 19.8 Å². The van der Waals surface area contributed by atoms with E-state index in [9.17, 15) is 13.2 Å². The summed E-state index contributed by atoms with van der Waals surface area (Å²) in [6, 6.07) is 1.23. The molecule has 1 aliphatic heterocycles. The Bertz CT molecular complexity index is 554. The van der Waals surface area contributed by atoms with Gasteiger partial charge in [0.2, 0.25) is 5.09 Å². The zero-order chi connectivity index (χ0) is 13.3. The van der Waals surface area contributed by atoms with E-state index in [4.69, 9.17) is 4.42 Å². The first kappa shape index (κ1) is 13.1. The predicted octanol–water partition coefficient (Wildman–Crippen LogP) is 1.16. The molecule has 0 spiro atoms. The molecule has 1 aromatic rings. The molecule has 0 saturated carbocycles. The summed E-state index contributed by atoms with van der Waals surface area (Å²) in [5.41, 5.74) is 0.148. The Morgan fingerprint density at radius 3 is 2.56 bits per heavy atom. The Hall–Kier alpha value is -1.34. The lowest BCUT2D eigenvalue weighted by atomic mass is 10.3. The lowest BCUT2D eigenvalue weighted by Crippen LogP contribution is -2.27. The average Bonchev–Trinajstić information content (AvgIpc) is 2.97. The maximum absolute atomic E-state index is 12.2. The van der Waals surface area contributed by atoms with Crippen LogP contribution in [-0.2, 0) is 14.8 Å². The van der Waals surface area contributed by atoms with Crippen molar-refractivity contribution in [2.75, 3.05) is 20.2 Å². The molecule has 1 saturated heterocycles. The molecule has 0 N–H and O–H groups in total. The number of hydrogen-bond donors (Lipinski definition) is 0. The molecule has 1 aliphatic rings. The van der Waals surface area contributed by atoms with Gasteiger partial charge in [0.1, 0.15) is 11.3 Å². The molecule has 1 fully saturated rings. The average molecular weight is 273 g/mol. The number of carbonyl (C=O) groups is 1. The second-order valence-electron chi connectivity index (χ2n) is 4.14. The number of aryl methyl sites for hydroxylation is 1. The fourth-order valence-electron chi connectivity index (χ4n) is 1.95. The molecule has 0 bridgehead atoms. The van der Waals surface area contributed by atoms with Crippen molar-refractivity contribution < 1.29 is 22.4 Å². The Morgan fingerprint density at radius 1 is 1.39 bits per heavy atom. The summed E-state index contributed by atoms with van der Waals surface area (Å²) in [5, 5.41) is -0.192. The van der Waals surface area contributed by atoms with Crippen molar-refractivity contribution in [3.05, 3.63) is 17.4 Å². The molecule has 0 amide bonds. The van der Waals surface area contributed by atoms with E-state index in [2.05, 4.69) is 4.74 Å². The van der Waals surface area contributed by atoms with Gasteiger partial charge in [-0.25, -0.2) is 13.2 Å². The zero-order valence-corrected chi connectivity index (χ0v) is 11.1. The first-order valence-electron chi connectivity index (χ1n) is 5.65. The Balaban J connectivity index is 2.37. The van der Waals surface area contributed by atoms with Crippen LogP contribution < -0.4 is 0 Å². The molecule has 0 atom stereocenters. The fourth-order valence-corrected chi connectivity index (χ4v) is 3.44. The van der Waals surface area contributed by atoms with E-state index in [0.717, 1.165) is 12.8 Å². The van der Waals surface area contributed by atoms with E-state index in [1.165, 1.54) is 24.4 Å². The van der Waals surface area contributed by atoms with Crippen molar-refractivity contribution in [3.8, 4) is 0 Å². The SMILES string of the molecule is COC(=O)c1cc(S(=O)(=O)N2CCCC2)oc1C. The molecule has 6 nitrogen and oxygen atoms in total. The summed E-state index contributed by atoms with van der Waals surface area (Å²) in [7, 11) is -2.38. The van der Waals surface area contributed by atoms with Gasteiger partial charge in [0, 0.05) is 19.2 Å². The lowest BCUT2D eigenvalue weighted by Gasteiger charge is -2.12. The van der Waals surface area contributed by atoms with E-state index < -0.39 is 16.0 Å². The van der Waals surface area contributed by atoms with Gasteiger partial charge in [-0.15, -0.1) is 0 Å². The topological polar surface area (TPSA) is 76.8 Å². The predicted molar refractivity (Wildman–Crippen MR) is 62.8 cm³/mol. The molecule has 0 unspecified atom stereocenters. The van der Waals surface area contributed by atoms with Gasteiger partial charge < -0.3 is 9.15 Å². The van der Waals surface area contributed by atoms with E-state index in [1.54, 1.807) is 0 Å². The van der Waals surface area contributed by atoms with Gasteiger partial charge in [-0.3, -0.25) is 0 Å². The molecule has 0 aliphatic carbocycles. The third-order valence-corrected chi connectivity index (χ3v) is 4.71. The summed E-state index contributed by atoms with van der Waals surface area (Å²) >= 11 is 0. The highest BCUT2D eigenvalue weighted by molar-refractivity contribution is 7.89. The Kier molecular flexibility index (Phi) is 3.45. The number of methoxy groups -OCH3 is 1. The number of ether oxygens (including phenoxy) is 1. The van der Waals surface area contributed by atoms with Gasteiger partial charge in [-0.1, -0.05) is 0 Å². The molecule has 0 aromatic carbocycles. The van der Waals surface area contributed by atoms with Crippen LogP contribution in [0.2, 0.25) is 0 Å². The molecular formula is C11H15NO5S. The summed E-state index contributed by atoms with van der Waals surface area (Å²) < 4.78 is 35.5. The number of hydrogen-bond acceptors (Lipinski definition) is 5. The lowest BCUT2D eigenvalue weighted by molar-refractivity contribution is 0.0599. The summed E-state index contributed by atoms with van der Waals surface area (Å²) in [5.74, 6) is -0.348. The molecule has 0 radical (unpaired) electrons. The van der Waals surface area contributed by atoms with Crippen LogP contribution in [0.1, 0.15) is 29.0 Å². The van der Waals surface area contributed by atoms with Crippen LogP contribution in [-0.4, -0.2) is 38.9 Å². The quantitative estimate of drug-likeness (QED) is 0.772. The molecule has 1 aromatic heterocycles. The van der Waals surface area contributed by atoms with Crippen molar-refractivity contribution in [1.82, 2.24) is 4.31 Å². The number of esters is 1. The van der Waals surface area contributed by atoms with Gasteiger partial charge in [0.25, 0.3) is 10.0 Å². The van der Waals surface area contributed by atoms with Crippen molar-refractivity contribution >= 4 is 16.0 Å². The van der Waals surface area contributed by atoms with E-state index in [1.807, 2.05) is 0 Å². The molecule has 100 valence electrons. The van der Waals surface area contributed by atoms with Crippen LogP contribution in [0.4, 0.5) is 0 Å². The third kappa shape index (κ3) is 2.15. The maximum atomic E-state index is 12.2. The standard InChI is InChI=1S/C11H15NO5S/c1-8-9(11(13)16-2)7-10(17-8)18(14,15)12-5-3-4-6-12/h7H,3-6H2,1-2H3. The van der Waals surface area contributed by atoms with Crippen LogP contribution in [0.15, 0.2) is 15.6 Å². The molecular weight excluding hydrogens is 258 g/mol. The Labute approximate surface area is 106 Å². The molecule has 2 rings (SSSR count). The van der Waals surface area contributed by atoms with Gasteiger partial charge in [0.15, 0.2) is 0 Å². The van der Waals surface area contributed by atoms with Crippen LogP contribution in [0.5, 0.6) is 0 Å². The first-order valence-corrected chi connectivity index (χ1v) is 7.09. The minimum absolute atomic E-state index is 0.148. The van der Waals surface area contributed by atoms with E-state index in [-0.39, 0.29) is 16.4 Å². The molecule has 2 heterocycles. The maximum Gasteiger partial charge on any atom is 0.341 e. The monoisotopic (exact) mass is 273 g/mol. The normalized spacial score (nSPS) is 17.0. The second kappa shape index (κ2) is 4.74. The van der Waals surface area contributed by atoms with Crippen molar-refractivity contribution in [1.29, 1.82) is 0 Å². The summed E-state index contributed by atoms with van der Waals surface area (Å²) in [6.07, 6.45) is 1.70. The summed E-state index contributed by atoms with van der Waals surface area (Å²) in [4.78, 5) is 11.4. The van der Waals surface area contributed by atoms with Crippen molar-refractivity contribution in [2.45, 2.75) is 24.9 Å². The van der Waals surface area contributed by atoms with Gasteiger partial charge in [0.05, 0.1) is 7.11 Å². The smallest absolute Gasteiger partial charge is 0.341 e. The minimum atomic E-state index is -3.62. The third-order valence-electron chi connectivity index (χ3n) is 2.96. The number of furan rings is 1. The minimum Gasteiger partial charge on any atom is -0.465 e. The number of rotatable bonds is 3. The highest BCUT2D eigenvalue weighted by atomic mass is 32.2. The zero-order valence-electron chi connectivity index (χ0n) is 10.3. The fraction of sp³-hybridized carbons (Fsp3) is 0.545. The molecule has 7 heteroatoms. The second-order valence-corrected chi connectivity index (χ2v) is 6.01. The van der Waals surface area contributed by atoms with Crippen LogP contribution in [0.25, 0.3) is 0 Å². The van der Waals surface area contributed by atoms with Gasteiger partial charge in [-0.2, -0.15) is 4.31 Å². The van der Waals surface area contributed by atoms with Crippen molar-refractivity contribution in [3.63, 3.8) is 0 Å². The first-order chi connectivity index (χ1) is 8.46. The van der Waals surface area contributed by atoms with E-state index >= 15 is 0 Å². The molecule has 18 heavy (non-hydrogen) atoms. The number of nitrogens with zero attached hydrogens (tertiary/aromatic N) is 1. The van der Waals surface area contributed by atoms with Gasteiger partial charge >= 0.3 is 5.97 Å². The summed E-state index contributed by atoms with van der Waals surface area (Å²) in [6.45, 7) is 2.53. The van der Waals surface area contributed by atoms with Crippen LogP contribution in [0.3, 0.4) is 0 Å². The Morgan fingerprint density at radius 2 is 2.00 bits per heavy atom. The highest BCUT2D eigenvalue weighted by Gasteiger charge is 2.31. The van der Waals surface area contributed by atoms with E-state index in [0.29, 0.717) is 13.1 Å². The highest BCUT2D eigenvalue weighted by Crippen LogP contribution is 2.25. The van der Waals surface area contributed by atoms with Crippen LogP contribution in [0, 0.1) is 6.92 Å². The van der Waals surface area contributed by atoms with Crippen molar-refractivity contribution in [2.24, 2.45) is 0 Å².